The van der Waals surface area contributed by atoms with Crippen molar-refractivity contribution in [1.29, 1.82) is 0 Å². The van der Waals surface area contributed by atoms with Crippen LogP contribution < -0.4 is 5.32 Å². The SMILES string of the molecule is Cc1cc(C(=O)NC2CCN(Cc3ccccc3)C2)n(C)n1. The van der Waals surface area contributed by atoms with Gasteiger partial charge in [-0.15, -0.1) is 0 Å². The quantitative estimate of drug-likeness (QED) is 0.935. The Hall–Kier alpha value is -2.14. The highest BCUT2D eigenvalue weighted by atomic mass is 16.2. The Balaban J connectivity index is 1.55. The monoisotopic (exact) mass is 298 g/mol. The van der Waals surface area contributed by atoms with Gasteiger partial charge in [0, 0.05) is 32.7 Å². The average molecular weight is 298 g/mol. The van der Waals surface area contributed by atoms with Gasteiger partial charge in [0.15, 0.2) is 0 Å². The Morgan fingerprint density at radius 1 is 1.36 bits per heavy atom. The van der Waals surface area contributed by atoms with Crippen LogP contribution in [0.2, 0.25) is 0 Å². The van der Waals surface area contributed by atoms with E-state index in [4.69, 9.17) is 0 Å². The molecule has 0 aliphatic carbocycles. The van der Waals surface area contributed by atoms with Crippen LogP contribution in [-0.2, 0) is 13.6 Å². The molecule has 1 saturated heterocycles. The van der Waals surface area contributed by atoms with Crippen molar-refractivity contribution in [2.75, 3.05) is 13.1 Å². The molecule has 2 heterocycles. The molecule has 0 bridgehead atoms. The lowest BCUT2D eigenvalue weighted by atomic mass is 10.2. The molecule has 0 saturated carbocycles. The number of amides is 1. The molecule has 1 fully saturated rings. The second kappa shape index (κ2) is 6.32. The third-order valence-electron chi connectivity index (χ3n) is 4.09. The number of likely N-dealkylation sites (tertiary alicyclic amines) is 1. The van der Waals surface area contributed by atoms with Gasteiger partial charge in [0.1, 0.15) is 5.69 Å². The van der Waals surface area contributed by atoms with E-state index in [-0.39, 0.29) is 11.9 Å². The van der Waals surface area contributed by atoms with Gasteiger partial charge in [0.25, 0.3) is 5.91 Å². The number of rotatable bonds is 4. The van der Waals surface area contributed by atoms with Crippen LogP contribution in [0.25, 0.3) is 0 Å². The van der Waals surface area contributed by atoms with Gasteiger partial charge in [-0.1, -0.05) is 30.3 Å². The van der Waals surface area contributed by atoms with Crippen molar-refractivity contribution < 1.29 is 4.79 Å². The normalized spacial score (nSPS) is 18.5. The Morgan fingerprint density at radius 3 is 2.82 bits per heavy atom. The van der Waals surface area contributed by atoms with E-state index in [1.54, 1.807) is 11.7 Å². The van der Waals surface area contributed by atoms with Crippen molar-refractivity contribution in [3.8, 4) is 0 Å². The highest BCUT2D eigenvalue weighted by Gasteiger charge is 2.25. The molecule has 1 atom stereocenters. The van der Waals surface area contributed by atoms with Gasteiger partial charge in [0.2, 0.25) is 0 Å². The number of aromatic nitrogens is 2. The van der Waals surface area contributed by atoms with E-state index in [1.165, 1.54) is 5.56 Å². The second-order valence-electron chi connectivity index (χ2n) is 5.97. The van der Waals surface area contributed by atoms with Crippen LogP contribution in [0, 0.1) is 6.92 Å². The molecule has 0 radical (unpaired) electrons. The number of benzene rings is 1. The highest BCUT2D eigenvalue weighted by molar-refractivity contribution is 5.92. The number of nitrogens with zero attached hydrogens (tertiary/aromatic N) is 3. The van der Waals surface area contributed by atoms with Crippen LogP contribution in [0.5, 0.6) is 0 Å². The lowest BCUT2D eigenvalue weighted by Crippen LogP contribution is -2.37. The van der Waals surface area contributed by atoms with E-state index in [1.807, 2.05) is 19.1 Å². The van der Waals surface area contributed by atoms with Crippen LogP contribution in [-0.4, -0.2) is 39.7 Å². The minimum absolute atomic E-state index is 0.0327. The zero-order valence-corrected chi connectivity index (χ0v) is 13.1. The van der Waals surface area contributed by atoms with Crippen LogP contribution in [0.15, 0.2) is 36.4 Å². The number of carbonyl (C=O) groups is 1. The number of aryl methyl sites for hydroxylation is 2. The van der Waals surface area contributed by atoms with E-state index in [0.717, 1.165) is 31.7 Å². The van der Waals surface area contributed by atoms with Gasteiger partial charge in [-0.3, -0.25) is 14.4 Å². The average Bonchev–Trinajstić information content (AvgIpc) is 3.06. The van der Waals surface area contributed by atoms with Crippen LogP contribution in [0.1, 0.15) is 28.2 Å². The number of carbonyl (C=O) groups excluding carboxylic acids is 1. The van der Waals surface area contributed by atoms with E-state index in [0.29, 0.717) is 5.69 Å². The topological polar surface area (TPSA) is 50.2 Å². The molecular formula is C17H22N4O. The lowest BCUT2D eigenvalue weighted by Gasteiger charge is -2.16. The maximum absolute atomic E-state index is 12.3. The molecule has 3 rings (SSSR count). The van der Waals surface area contributed by atoms with Gasteiger partial charge < -0.3 is 5.32 Å². The van der Waals surface area contributed by atoms with E-state index in [2.05, 4.69) is 39.6 Å². The lowest BCUT2D eigenvalue weighted by molar-refractivity contribution is 0.0928. The molecule has 22 heavy (non-hydrogen) atoms. The molecule has 5 nitrogen and oxygen atoms in total. The zero-order chi connectivity index (χ0) is 15.5. The summed E-state index contributed by atoms with van der Waals surface area (Å²) < 4.78 is 1.64. The molecular weight excluding hydrogens is 276 g/mol. The molecule has 1 amide bonds. The molecule has 1 aromatic carbocycles. The predicted octanol–water partition coefficient (Wildman–Crippen LogP) is 1.73. The summed E-state index contributed by atoms with van der Waals surface area (Å²) in [5.41, 5.74) is 2.81. The van der Waals surface area contributed by atoms with Gasteiger partial charge in [-0.2, -0.15) is 5.10 Å². The van der Waals surface area contributed by atoms with E-state index in [9.17, 15) is 4.79 Å². The first-order valence-corrected chi connectivity index (χ1v) is 7.69. The van der Waals surface area contributed by atoms with Crippen LogP contribution in [0.4, 0.5) is 0 Å². The Bertz CT molecular complexity index is 650. The fraction of sp³-hybridized carbons (Fsp3) is 0.412. The first-order valence-electron chi connectivity index (χ1n) is 7.69. The van der Waals surface area contributed by atoms with Crippen molar-refractivity contribution in [2.24, 2.45) is 7.05 Å². The Labute approximate surface area is 130 Å². The third kappa shape index (κ3) is 3.36. The van der Waals surface area contributed by atoms with Crippen molar-refractivity contribution in [1.82, 2.24) is 20.0 Å². The second-order valence-corrected chi connectivity index (χ2v) is 5.97. The smallest absolute Gasteiger partial charge is 0.269 e. The number of nitrogens with one attached hydrogen (secondary N) is 1. The fourth-order valence-corrected chi connectivity index (χ4v) is 3.02. The van der Waals surface area contributed by atoms with Crippen molar-refractivity contribution in [2.45, 2.75) is 25.9 Å². The number of hydrogen-bond acceptors (Lipinski definition) is 3. The standard InChI is InChI=1S/C17H22N4O/c1-13-10-16(20(2)19-13)17(22)18-15-8-9-21(12-15)11-14-6-4-3-5-7-14/h3-7,10,15H,8-9,11-12H2,1-2H3,(H,18,22). The summed E-state index contributed by atoms with van der Waals surface area (Å²) in [4.78, 5) is 14.7. The Kier molecular flexibility index (Phi) is 4.24. The predicted molar refractivity (Wildman–Crippen MR) is 85.5 cm³/mol. The molecule has 1 aliphatic heterocycles. The van der Waals surface area contributed by atoms with Gasteiger partial charge in [0.05, 0.1) is 5.69 Å². The van der Waals surface area contributed by atoms with Crippen molar-refractivity contribution in [3.63, 3.8) is 0 Å². The van der Waals surface area contributed by atoms with Crippen LogP contribution >= 0.6 is 0 Å². The summed E-state index contributed by atoms with van der Waals surface area (Å²) in [5, 5.41) is 7.35. The van der Waals surface area contributed by atoms with Crippen molar-refractivity contribution >= 4 is 5.91 Å². The Morgan fingerprint density at radius 2 is 2.14 bits per heavy atom. The van der Waals surface area contributed by atoms with Gasteiger partial charge >= 0.3 is 0 Å². The van der Waals surface area contributed by atoms with E-state index >= 15 is 0 Å². The maximum Gasteiger partial charge on any atom is 0.269 e. The third-order valence-corrected chi connectivity index (χ3v) is 4.09. The molecule has 1 aliphatic rings. The molecule has 1 N–H and O–H groups in total. The highest BCUT2D eigenvalue weighted by Crippen LogP contribution is 2.14. The molecule has 2 aromatic rings. The molecule has 116 valence electrons. The summed E-state index contributed by atoms with van der Waals surface area (Å²) in [7, 11) is 1.80. The molecule has 5 heteroatoms. The van der Waals surface area contributed by atoms with E-state index < -0.39 is 0 Å². The van der Waals surface area contributed by atoms with Crippen molar-refractivity contribution in [3.05, 3.63) is 53.3 Å². The maximum atomic E-state index is 12.3. The first kappa shape index (κ1) is 14.8. The first-order chi connectivity index (χ1) is 10.6. The summed E-state index contributed by atoms with van der Waals surface area (Å²) in [5.74, 6) is -0.0327. The largest absolute Gasteiger partial charge is 0.347 e. The molecule has 1 unspecified atom stereocenters. The fourth-order valence-electron chi connectivity index (χ4n) is 3.02. The summed E-state index contributed by atoms with van der Waals surface area (Å²) in [6, 6.07) is 12.5. The minimum Gasteiger partial charge on any atom is -0.347 e. The minimum atomic E-state index is -0.0327. The number of hydrogen-bond donors (Lipinski definition) is 1. The summed E-state index contributed by atoms with van der Waals surface area (Å²) in [6.45, 7) is 4.76. The zero-order valence-electron chi connectivity index (χ0n) is 13.1. The van der Waals surface area contributed by atoms with Gasteiger partial charge in [-0.25, -0.2) is 0 Å². The molecule has 0 spiro atoms. The summed E-state index contributed by atoms with van der Waals surface area (Å²) >= 11 is 0. The summed E-state index contributed by atoms with van der Waals surface area (Å²) in [6.07, 6.45) is 0.995. The van der Waals surface area contributed by atoms with Crippen LogP contribution in [0.3, 0.4) is 0 Å². The molecule has 1 aromatic heterocycles. The van der Waals surface area contributed by atoms with Gasteiger partial charge in [-0.05, 0) is 25.0 Å².